The molecular formula is C14H24O. The summed E-state index contributed by atoms with van der Waals surface area (Å²) >= 11 is 0. The van der Waals surface area contributed by atoms with Crippen molar-refractivity contribution in [3.05, 3.63) is 0 Å². The summed E-state index contributed by atoms with van der Waals surface area (Å²) in [6.45, 7) is 7.29. The molecule has 0 saturated heterocycles. The normalized spacial score (nSPS) is 56.8. The Morgan fingerprint density at radius 3 is 2.53 bits per heavy atom. The Morgan fingerprint density at radius 2 is 1.80 bits per heavy atom. The highest BCUT2D eigenvalue weighted by molar-refractivity contribution is 5.13. The molecule has 15 heavy (non-hydrogen) atoms. The molecule has 0 aromatic carbocycles. The number of hydrogen-bond donors (Lipinski definition) is 1. The van der Waals surface area contributed by atoms with E-state index in [1.54, 1.807) is 0 Å². The van der Waals surface area contributed by atoms with Gasteiger partial charge >= 0.3 is 0 Å². The van der Waals surface area contributed by atoms with Gasteiger partial charge in [0.1, 0.15) is 0 Å². The molecule has 86 valence electrons. The third kappa shape index (κ3) is 1.25. The second-order valence-electron chi connectivity index (χ2n) is 7.19. The van der Waals surface area contributed by atoms with Crippen molar-refractivity contribution < 1.29 is 5.11 Å². The summed E-state index contributed by atoms with van der Waals surface area (Å²) in [4.78, 5) is 0. The summed E-state index contributed by atoms with van der Waals surface area (Å²) in [6.07, 6.45) is 6.33. The lowest BCUT2D eigenvalue weighted by Crippen LogP contribution is -2.42. The van der Waals surface area contributed by atoms with Crippen LogP contribution in [0.4, 0.5) is 0 Å². The van der Waals surface area contributed by atoms with Crippen LogP contribution < -0.4 is 0 Å². The fourth-order valence-corrected chi connectivity index (χ4v) is 4.77. The lowest BCUT2D eigenvalue weighted by atomic mass is 9.59. The van der Waals surface area contributed by atoms with Crippen molar-refractivity contribution in [2.45, 2.75) is 59.0 Å². The van der Waals surface area contributed by atoms with Crippen molar-refractivity contribution in [2.75, 3.05) is 0 Å². The van der Waals surface area contributed by atoms with Gasteiger partial charge in [-0.25, -0.2) is 0 Å². The van der Waals surface area contributed by atoms with Gasteiger partial charge in [-0.15, -0.1) is 0 Å². The SMILES string of the molecule is CC1(C)[C@@H]2C[C@H]3[C@@H](O)CCC[C@@]3(C)C[C@@H]21. The first-order valence-corrected chi connectivity index (χ1v) is 6.63. The second-order valence-corrected chi connectivity index (χ2v) is 7.19. The molecule has 3 aliphatic rings. The summed E-state index contributed by atoms with van der Waals surface area (Å²) in [5.41, 5.74) is 1.05. The summed E-state index contributed by atoms with van der Waals surface area (Å²) in [5, 5.41) is 10.2. The van der Waals surface area contributed by atoms with Crippen molar-refractivity contribution >= 4 is 0 Å². The minimum atomic E-state index is 0.00102. The van der Waals surface area contributed by atoms with Crippen LogP contribution in [0.3, 0.4) is 0 Å². The van der Waals surface area contributed by atoms with Gasteiger partial charge in [0.2, 0.25) is 0 Å². The molecular weight excluding hydrogens is 184 g/mol. The van der Waals surface area contributed by atoms with Crippen LogP contribution in [0.15, 0.2) is 0 Å². The van der Waals surface area contributed by atoms with Crippen LogP contribution >= 0.6 is 0 Å². The monoisotopic (exact) mass is 208 g/mol. The van der Waals surface area contributed by atoms with E-state index in [1.165, 1.54) is 25.7 Å². The molecule has 0 radical (unpaired) electrons. The number of rotatable bonds is 0. The van der Waals surface area contributed by atoms with Crippen molar-refractivity contribution in [1.29, 1.82) is 0 Å². The average Bonchev–Trinajstić information content (AvgIpc) is 2.65. The Kier molecular flexibility index (Phi) is 1.89. The molecule has 3 rings (SSSR count). The van der Waals surface area contributed by atoms with E-state index >= 15 is 0 Å². The predicted molar refractivity (Wildman–Crippen MR) is 61.4 cm³/mol. The summed E-state index contributed by atoms with van der Waals surface area (Å²) in [5.74, 6) is 2.49. The van der Waals surface area contributed by atoms with Gasteiger partial charge in [0, 0.05) is 0 Å². The maximum atomic E-state index is 10.2. The first-order valence-electron chi connectivity index (χ1n) is 6.63. The van der Waals surface area contributed by atoms with E-state index in [1.807, 2.05) is 0 Å². The smallest absolute Gasteiger partial charge is 0.0573 e. The van der Waals surface area contributed by atoms with E-state index in [9.17, 15) is 5.11 Å². The Morgan fingerprint density at radius 1 is 1.07 bits per heavy atom. The molecule has 0 bridgehead atoms. The number of hydrogen-bond acceptors (Lipinski definition) is 1. The maximum absolute atomic E-state index is 10.2. The third-order valence-corrected chi connectivity index (χ3v) is 6.09. The topological polar surface area (TPSA) is 20.2 Å². The molecule has 3 fully saturated rings. The molecule has 3 aliphatic carbocycles. The maximum Gasteiger partial charge on any atom is 0.0573 e. The van der Waals surface area contributed by atoms with Crippen LogP contribution in [0.2, 0.25) is 0 Å². The van der Waals surface area contributed by atoms with Gasteiger partial charge in [0.15, 0.2) is 0 Å². The summed E-state index contributed by atoms with van der Waals surface area (Å²) in [7, 11) is 0. The highest BCUT2D eigenvalue weighted by atomic mass is 16.3. The molecule has 0 heterocycles. The number of aliphatic hydroxyl groups excluding tert-OH is 1. The van der Waals surface area contributed by atoms with Gasteiger partial charge in [0.25, 0.3) is 0 Å². The van der Waals surface area contributed by atoms with Gasteiger partial charge in [-0.3, -0.25) is 0 Å². The summed E-state index contributed by atoms with van der Waals surface area (Å²) in [6, 6.07) is 0. The number of aliphatic hydroxyl groups is 1. The van der Waals surface area contributed by atoms with Crippen molar-refractivity contribution in [3.63, 3.8) is 0 Å². The molecule has 0 aromatic heterocycles. The van der Waals surface area contributed by atoms with Gasteiger partial charge in [-0.1, -0.05) is 27.2 Å². The average molecular weight is 208 g/mol. The molecule has 1 nitrogen and oxygen atoms in total. The lowest BCUT2D eigenvalue weighted by molar-refractivity contribution is -0.0465. The van der Waals surface area contributed by atoms with E-state index in [0.29, 0.717) is 16.7 Å². The van der Waals surface area contributed by atoms with Gasteiger partial charge in [-0.2, -0.15) is 0 Å². The molecule has 1 N–H and O–H groups in total. The van der Waals surface area contributed by atoms with Gasteiger partial charge < -0.3 is 5.11 Å². The van der Waals surface area contributed by atoms with Crippen LogP contribution in [0.1, 0.15) is 52.9 Å². The molecule has 0 spiro atoms. The standard InChI is InChI=1S/C14H24O/c1-13(2)9-7-10-12(15)5-4-6-14(10,3)8-11(9)13/h9-12,15H,4-8H2,1-3H3/t9-,10+,11+,12+,14+/m1/s1. The predicted octanol–water partition coefficient (Wildman–Crippen LogP) is 3.22. The minimum absolute atomic E-state index is 0.00102. The molecule has 0 aliphatic heterocycles. The van der Waals surface area contributed by atoms with Crippen LogP contribution in [0.25, 0.3) is 0 Å². The molecule has 0 aromatic rings. The van der Waals surface area contributed by atoms with E-state index in [2.05, 4.69) is 20.8 Å². The second kappa shape index (κ2) is 2.80. The summed E-state index contributed by atoms with van der Waals surface area (Å²) < 4.78 is 0. The quantitative estimate of drug-likeness (QED) is 0.648. The van der Waals surface area contributed by atoms with Gasteiger partial charge in [0.05, 0.1) is 6.10 Å². The first kappa shape index (κ1) is 10.1. The molecule has 5 atom stereocenters. The van der Waals surface area contributed by atoms with E-state index < -0.39 is 0 Å². The van der Waals surface area contributed by atoms with Crippen molar-refractivity contribution in [1.82, 2.24) is 0 Å². The zero-order chi connectivity index (χ0) is 10.8. The largest absolute Gasteiger partial charge is 0.393 e. The fourth-order valence-electron chi connectivity index (χ4n) is 4.77. The molecule has 1 heteroatoms. The zero-order valence-electron chi connectivity index (χ0n) is 10.3. The lowest BCUT2D eigenvalue weighted by Gasteiger charge is -2.47. The number of fused-ring (bicyclic) bond motifs is 2. The van der Waals surface area contributed by atoms with E-state index in [0.717, 1.165) is 18.3 Å². The first-order chi connectivity index (χ1) is 6.95. The van der Waals surface area contributed by atoms with Crippen LogP contribution in [-0.4, -0.2) is 11.2 Å². The van der Waals surface area contributed by atoms with Crippen molar-refractivity contribution in [3.8, 4) is 0 Å². The van der Waals surface area contributed by atoms with Crippen LogP contribution in [0.5, 0.6) is 0 Å². The van der Waals surface area contributed by atoms with Crippen LogP contribution in [0, 0.1) is 28.6 Å². The van der Waals surface area contributed by atoms with Crippen molar-refractivity contribution in [2.24, 2.45) is 28.6 Å². The Hall–Kier alpha value is -0.0400. The Bertz CT molecular complexity index is 283. The molecule has 0 unspecified atom stereocenters. The Labute approximate surface area is 93.3 Å². The molecule has 0 amide bonds. The fraction of sp³-hybridized carbons (Fsp3) is 1.00. The van der Waals surface area contributed by atoms with E-state index in [4.69, 9.17) is 0 Å². The van der Waals surface area contributed by atoms with Crippen LogP contribution in [-0.2, 0) is 0 Å². The Balaban J connectivity index is 1.85. The highest BCUT2D eigenvalue weighted by Crippen LogP contribution is 2.71. The highest BCUT2D eigenvalue weighted by Gasteiger charge is 2.64. The minimum Gasteiger partial charge on any atom is -0.393 e. The zero-order valence-corrected chi connectivity index (χ0v) is 10.3. The third-order valence-electron chi connectivity index (χ3n) is 6.09. The van der Waals surface area contributed by atoms with E-state index in [-0.39, 0.29) is 6.10 Å². The molecule has 3 saturated carbocycles. The van der Waals surface area contributed by atoms with Gasteiger partial charge in [-0.05, 0) is 54.3 Å².